The molecule has 0 saturated heterocycles. The predicted octanol–water partition coefficient (Wildman–Crippen LogP) is 0.364. The number of nitrogen functional groups attached to an aromatic ring is 1. The normalized spacial score (nSPS) is 11.6. The molecule has 1 aromatic rings. The Morgan fingerprint density at radius 3 is 2.38 bits per heavy atom. The Kier molecular flexibility index (Phi) is 2.27. The van der Waals surface area contributed by atoms with Crippen LogP contribution in [0.3, 0.4) is 0 Å². The zero-order valence-corrected chi connectivity index (χ0v) is 7.73. The summed E-state index contributed by atoms with van der Waals surface area (Å²) < 4.78 is 34.8. The molecule has 0 aromatic heterocycles. The molecule has 0 unspecified atom stereocenters. The molecule has 4 N–H and O–H groups in total. The van der Waals surface area contributed by atoms with Gasteiger partial charge >= 0.3 is 0 Å². The topological polar surface area (TPSA) is 86.2 Å². The van der Waals surface area contributed by atoms with E-state index < -0.39 is 15.8 Å². The van der Waals surface area contributed by atoms with E-state index in [2.05, 4.69) is 0 Å². The lowest BCUT2D eigenvalue weighted by atomic mass is 10.2. The van der Waals surface area contributed by atoms with Gasteiger partial charge in [-0.1, -0.05) is 0 Å². The highest BCUT2D eigenvalue weighted by Crippen LogP contribution is 2.20. The zero-order chi connectivity index (χ0) is 10.2. The van der Waals surface area contributed by atoms with Crippen molar-refractivity contribution in [2.75, 3.05) is 5.73 Å². The zero-order valence-electron chi connectivity index (χ0n) is 6.91. The molecule has 0 amide bonds. The molecule has 0 bridgehead atoms. The van der Waals surface area contributed by atoms with Crippen LogP contribution in [0.4, 0.5) is 10.1 Å². The molecule has 6 heteroatoms. The average molecular weight is 204 g/mol. The van der Waals surface area contributed by atoms with Gasteiger partial charge in [-0.05, 0) is 19.1 Å². The van der Waals surface area contributed by atoms with Crippen LogP contribution in [0.2, 0.25) is 0 Å². The minimum atomic E-state index is -3.90. The third-order valence-corrected chi connectivity index (χ3v) is 2.66. The van der Waals surface area contributed by atoms with E-state index in [1.165, 1.54) is 6.92 Å². The minimum Gasteiger partial charge on any atom is -0.399 e. The molecule has 0 aliphatic carbocycles. The van der Waals surface area contributed by atoms with Crippen LogP contribution in [-0.4, -0.2) is 8.42 Å². The molecule has 1 rings (SSSR count). The molecule has 0 atom stereocenters. The number of sulfonamides is 1. The maximum Gasteiger partial charge on any atom is 0.238 e. The van der Waals surface area contributed by atoms with Gasteiger partial charge in [-0.25, -0.2) is 17.9 Å². The fourth-order valence-electron chi connectivity index (χ4n) is 0.969. The maximum absolute atomic E-state index is 13.0. The van der Waals surface area contributed by atoms with Crippen LogP contribution in [0.25, 0.3) is 0 Å². The van der Waals surface area contributed by atoms with Crippen molar-refractivity contribution in [3.05, 3.63) is 23.5 Å². The van der Waals surface area contributed by atoms with Gasteiger partial charge in [-0.3, -0.25) is 0 Å². The van der Waals surface area contributed by atoms with Crippen molar-refractivity contribution >= 4 is 15.7 Å². The lowest BCUT2D eigenvalue weighted by Crippen LogP contribution is -2.14. The molecule has 0 aliphatic heterocycles. The Hall–Kier alpha value is -1.14. The van der Waals surface area contributed by atoms with E-state index in [1.807, 2.05) is 0 Å². The molecule has 0 heterocycles. The summed E-state index contributed by atoms with van der Waals surface area (Å²) in [4.78, 5) is -0.273. The van der Waals surface area contributed by atoms with Gasteiger partial charge in [0.2, 0.25) is 10.0 Å². The molecular formula is C7H9FN2O2S. The van der Waals surface area contributed by atoms with Gasteiger partial charge < -0.3 is 5.73 Å². The molecule has 0 spiro atoms. The van der Waals surface area contributed by atoms with Crippen LogP contribution in [-0.2, 0) is 10.0 Å². The fraction of sp³-hybridized carbons (Fsp3) is 0.143. The number of nitrogens with two attached hydrogens (primary N) is 2. The molecule has 1 aromatic carbocycles. The molecule has 0 fully saturated rings. The summed E-state index contributed by atoms with van der Waals surface area (Å²) in [6, 6.07) is 2.18. The van der Waals surface area contributed by atoms with E-state index in [0.717, 1.165) is 12.1 Å². The van der Waals surface area contributed by atoms with E-state index in [4.69, 9.17) is 10.9 Å². The quantitative estimate of drug-likeness (QED) is 0.648. The second-order valence-corrected chi connectivity index (χ2v) is 4.20. The number of benzene rings is 1. The highest BCUT2D eigenvalue weighted by molar-refractivity contribution is 7.89. The van der Waals surface area contributed by atoms with E-state index in [9.17, 15) is 12.8 Å². The average Bonchev–Trinajstić information content (AvgIpc) is 1.94. The van der Waals surface area contributed by atoms with Gasteiger partial charge in [0.05, 0.1) is 4.90 Å². The number of hydrogen-bond donors (Lipinski definition) is 2. The fourth-order valence-corrected chi connectivity index (χ4v) is 1.79. The second-order valence-electron chi connectivity index (χ2n) is 2.67. The highest BCUT2D eigenvalue weighted by atomic mass is 32.2. The first-order valence-corrected chi connectivity index (χ1v) is 4.95. The van der Waals surface area contributed by atoms with Gasteiger partial charge in [0, 0.05) is 11.3 Å². The van der Waals surface area contributed by atoms with Crippen LogP contribution in [0, 0.1) is 12.7 Å². The molecule has 0 aliphatic rings. The number of anilines is 1. The summed E-state index contributed by atoms with van der Waals surface area (Å²) in [6.07, 6.45) is 0. The molecule has 0 radical (unpaired) electrons. The van der Waals surface area contributed by atoms with Crippen LogP contribution < -0.4 is 10.9 Å². The Labute approximate surface area is 75.4 Å². The summed E-state index contributed by atoms with van der Waals surface area (Å²) in [5.74, 6) is -0.677. The van der Waals surface area contributed by atoms with Gasteiger partial charge in [-0.2, -0.15) is 0 Å². The third-order valence-electron chi connectivity index (χ3n) is 1.63. The monoisotopic (exact) mass is 204 g/mol. The first-order valence-electron chi connectivity index (χ1n) is 3.41. The summed E-state index contributed by atoms with van der Waals surface area (Å²) in [6.45, 7) is 1.33. The van der Waals surface area contributed by atoms with Crippen LogP contribution >= 0.6 is 0 Å². The molecule has 72 valence electrons. The largest absolute Gasteiger partial charge is 0.399 e. The van der Waals surface area contributed by atoms with E-state index in [0.29, 0.717) is 0 Å². The summed E-state index contributed by atoms with van der Waals surface area (Å²) >= 11 is 0. The maximum atomic E-state index is 13.0. The summed E-state index contributed by atoms with van der Waals surface area (Å²) in [5, 5.41) is 4.85. The van der Waals surface area contributed by atoms with Gasteiger partial charge in [0.15, 0.2) is 0 Å². The first-order chi connectivity index (χ1) is 5.82. The van der Waals surface area contributed by atoms with Crippen molar-refractivity contribution in [1.29, 1.82) is 0 Å². The second kappa shape index (κ2) is 2.97. The van der Waals surface area contributed by atoms with E-state index >= 15 is 0 Å². The van der Waals surface area contributed by atoms with Gasteiger partial charge in [-0.15, -0.1) is 0 Å². The van der Waals surface area contributed by atoms with Crippen molar-refractivity contribution in [3.8, 4) is 0 Å². The first kappa shape index (κ1) is 9.94. The smallest absolute Gasteiger partial charge is 0.238 e. The third kappa shape index (κ3) is 1.96. The van der Waals surface area contributed by atoms with Crippen molar-refractivity contribution in [3.63, 3.8) is 0 Å². The predicted molar refractivity (Wildman–Crippen MR) is 46.9 cm³/mol. The Bertz CT molecular complexity index is 442. The number of hydrogen-bond acceptors (Lipinski definition) is 3. The molecule has 4 nitrogen and oxygen atoms in total. The van der Waals surface area contributed by atoms with Crippen LogP contribution in [0.1, 0.15) is 5.56 Å². The van der Waals surface area contributed by atoms with Crippen LogP contribution in [0.15, 0.2) is 17.0 Å². The Morgan fingerprint density at radius 2 is 1.92 bits per heavy atom. The minimum absolute atomic E-state index is 0.0169. The molecular weight excluding hydrogens is 195 g/mol. The highest BCUT2D eigenvalue weighted by Gasteiger charge is 2.15. The van der Waals surface area contributed by atoms with Gasteiger partial charge in [0.1, 0.15) is 5.82 Å². The van der Waals surface area contributed by atoms with Crippen molar-refractivity contribution in [2.24, 2.45) is 5.14 Å². The standard InChI is InChI=1S/C7H9FN2O2S/c1-4-6(8)2-5(9)3-7(4)13(10,11)12/h2-3H,9H2,1H3,(H2,10,11,12). The van der Waals surface area contributed by atoms with Crippen molar-refractivity contribution < 1.29 is 12.8 Å². The summed E-state index contributed by atoms with van der Waals surface area (Å²) in [7, 11) is -3.90. The Balaban J connectivity index is 3.56. The molecule has 13 heavy (non-hydrogen) atoms. The van der Waals surface area contributed by atoms with E-state index in [-0.39, 0.29) is 16.1 Å². The lowest BCUT2D eigenvalue weighted by molar-refractivity contribution is 0.588. The number of primary sulfonamides is 1. The van der Waals surface area contributed by atoms with Crippen LogP contribution in [0.5, 0.6) is 0 Å². The molecule has 0 saturated carbocycles. The Morgan fingerprint density at radius 1 is 1.38 bits per heavy atom. The number of halogens is 1. The van der Waals surface area contributed by atoms with E-state index in [1.54, 1.807) is 0 Å². The SMILES string of the molecule is Cc1c(F)cc(N)cc1S(N)(=O)=O. The summed E-state index contributed by atoms with van der Waals surface area (Å²) in [5.41, 5.74) is 5.28. The van der Waals surface area contributed by atoms with Gasteiger partial charge in [0.25, 0.3) is 0 Å². The van der Waals surface area contributed by atoms with Crippen molar-refractivity contribution in [2.45, 2.75) is 11.8 Å². The van der Waals surface area contributed by atoms with Crippen molar-refractivity contribution in [1.82, 2.24) is 0 Å². The lowest BCUT2D eigenvalue weighted by Gasteiger charge is -2.05. The number of rotatable bonds is 1.